The van der Waals surface area contributed by atoms with Gasteiger partial charge in [-0.1, -0.05) is 40.9 Å². The molecule has 0 aliphatic heterocycles. The third-order valence-electron chi connectivity index (χ3n) is 3.08. The summed E-state index contributed by atoms with van der Waals surface area (Å²) in [6, 6.07) is 17.0. The second-order valence-electron chi connectivity index (χ2n) is 4.19. The van der Waals surface area contributed by atoms with Crippen molar-refractivity contribution < 1.29 is 9.28 Å². The van der Waals surface area contributed by atoms with Crippen molar-refractivity contribution in [3.8, 4) is 5.69 Å². The van der Waals surface area contributed by atoms with Crippen LogP contribution in [0.5, 0.6) is 0 Å². The van der Waals surface area contributed by atoms with Crippen LogP contribution in [0.2, 0.25) is 0 Å². The van der Waals surface area contributed by atoms with Crippen LogP contribution in [0.15, 0.2) is 60.8 Å². The van der Waals surface area contributed by atoms with Gasteiger partial charge in [0.15, 0.2) is 0 Å². The van der Waals surface area contributed by atoms with E-state index >= 15 is 0 Å². The van der Waals surface area contributed by atoms with E-state index in [-0.39, 0.29) is 0 Å². The van der Waals surface area contributed by atoms with Gasteiger partial charge >= 0.3 is 0 Å². The number of carbonyl (C=O) groups is 1. The molecule has 0 unspecified atom stereocenters. The highest BCUT2D eigenvalue weighted by Crippen LogP contribution is 2.24. The first kappa shape index (κ1) is 11.5. The summed E-state index contributed by atoms with van der Waals surface area (Å²) in [7, 11) is 0. The smallest absolute Gasteiger partial charge is 0.281 e. The SMILES string of the molecule is O=C(NF)c1cn(-c2ccccc2)c2ccccc12. The highest BCUT2D eigenvalue weighted by Gasteiger charge is 2.15. The topological polar surface area (TPSA) is 34.0 Å². The van der Waals surface area contributed by atoms with E-state index in [9.17, 15) is 9.28 Å². The minimum absolute atomic E-state index is 0.321. The van der Waals surface area contributed by atoms with Gasteiger partial charge in [0.25, 0.3) is 5.91 Å². The molecular formula is C15H11FN2O. The predicted molar refractivity (Wildman–Crippen MR) is 71.8 cm³/mol. The summed E-state index contributed by atoms with van der Waals surface area (Å²) in [5.41, 5.74) is 3.30. The Labute approximate surface area is 109 Å². The Morgan fingerprint density at radius 3 is 2.42 bits per heavy atom. The number of hydrogen-bond acceptors (Lipinski definition) is 1. The first-order chi connectivity index (χ1) is 9.31. The van der Waals surface area contributed by atoms with E-state index in [1.54, 1.807) is 12.3 Å². The third-order valence-corrected chi connectivity index (χ3v) is 3.08. The van der Waals surface area contributed by atoms with Crippen LogP contribution in [0, 0.1) is 0 Å². The van der Waals surface area contributed by atoms with Crippen LogP contribution in [0.1, 0.15) is 10.4 Å². The van der Waals surface area contributed by atoms with E-state index in [2.05, 4.69) is 0 Å². The van der Waals surface area contributed by atoms with Gasteiger partial charge in [0, 0.05) is 17.3 Å². The maximum Gasteiger partial charge on any atom is 0.281 e. The number of fused-ring (bicyclic) bond motifs is 1. The number of benzene rings is 2. The Hall–Kier alpha value is -2.62. The number of hydrogen-bond donors (Lipinski definition) is 1. The van der Waals surface area contributed by atoms with Crippen molar-refractivity contribution in [3.05, 3.63) is 66.4 Å². The molecule has 0 saturated heterocycles. The molecule has 1 N–H and O–H groups in total. The molecule has 94 valence electrons. The van der Waals surface area contributed by atoms with Crippen molar-refractivity contribution in [1.29, 1.82) is 0 Å². The van der Waals surface area contributed by atoms with Crippen LogP contribution >= 0.6 is 0 Å². The quantitative estimate of drug-likeness (QED) is 0.700. The summed E-state index contributed by atoms with van der Waals surface area (Å²) in [5, 5.41) is 0.724. The van der Waals surface area contributed by atoms with Crippen LogP contribution in [-0.2, 0) is 0 Å². The molecular weight excluding hydrogens is 243 g/mol. The number of carbonyl (C=O) groups excluding carboxylic acids is 1. The minimum atomic E-state index is -0.731. The standard InChI is InChI=1S/C15H11FN2O/c16-17-15(19)13-10-18(11-6-2-1-3-7-11)14-9-5-4-8-12(13)14/h1-10H,(H,17,19). The van der Waals surface area contributed by atoms with E-state index in [0.29, 0.717) is 5.56 Å². The highest BCUT2D eigenvalue weighted by atomic mass is 19.2. The maximum absolute atomic E-state index is 12.4. The normalized spacial score (nSPS) is 10.6. The van der Waals surface area contributed by atoms with Crippen molar-refractivity contribution >= 4 is 16.8 Å². The van der Waals surface area contributed by atoms with Gasteiger partial charge in [0.05, 0.1) is 11.1 Å². The van der Waals surface area contributed by atoms with Gasteiger partial charge in [0.2, 0.25) is 0 Å². The largest absolute Gasteiger partial charge is 0.316 e. The average Bonchev–Trinajstić information content (AvgIpc) is 2.87. The lowest BCUT2D eigenvalue weighted by atomic mass is 10.2. The Balaban J connectivity index is 2.29. The van der Waals surface area contributed by atoms with Crippen molar-refractivity contribution in [3.63, 3.8) is 0 Å². The number of amides is 1. The van der Waals surface area contributed by atoms with Gasteiger partial charge < -0.3 is 4.57 Å². The van der Waals surface area contributed by atoms with Crippen LogP contribution in [0.4, 0.5) is 4.48 Å². The van der Waals surface area contributed by atoms with Gasteiger partial charge in [-0.2, -0.15) is 5.54 Å². The van der Waals surface area contributed by atoms with Gasteiger partial charge in [-0.3, -0.25) is 4.79 Å². The molecule has 3 nitrogen and oxygen atoms in total. The highest BCUT2D eigenvalue weighted by molar-refractivity contribution is 6.07. The Kier molecular flexibility index (Phi) is 2.76. The van der Waals surface area contributed by atoms with Crippen LogP contribution in [-0.4, -0.2) is 10.5 Å². The number of halogens is 1. The summed E-state index contributed by atoms with van der Waals surface area (Å²) in [6.45, 7) is 0. The van der Waals surface area contributed by atoms with Gasteiger partial charge in [-0.05, 0) is 18.2 Å². The zero-order chi connectivity index (χ0) is 13.2. The van der Waals surface area contributed by atoms with E-state index in [1.807, 2.05) is 53.1 Å². The first-order valence-corrected chi connectivity index (χ1v) is 5.88. The lowest BCUT2D eigenvalue weighted by Gasteiger charge is -2.04. The number of rotatable bonds is 2. The molecule has 0 aliphatic rings. The molecule has 0 saturated carbocycles. The summed E-state index contributed by atoms with van der Waals surface area (Å²) in [6.07, 6.45) is 1.65. The third kappa shape index (κ3) is 1.87. The Bertz CT molecular complexity index is 734. The second kappa shape index (κ2) is 4.57. The van der Waals surface area contributed by atoms with Gasteiger partial charge in [-0.25, -0.2) is 0 Å². The molecule has 3 rings (SSSR count). The summed E-state index contributed by atoms with van der Waals surface area (Å²) in [4.78, 5) is 11.6. The number of nitrogens with one attached hydrogen (secondary N) is 1. The second-order valence-corrected chi connectivity index (χ2v) is 4.19. The summed E-state index contributed by atoms with van der Waals surface area (Å²) >= 11 is 0. The van der Waals surface area contributed by atoms with E-state index < -0.39 is 5.91 Å². The molecule has 0 fully saturated rings. The minimum Gasteiger partial charge on any atom is -0.316 e. The number of aromatic nitrogens is 1. The lowest BCUT2D eigenvalue weighted by molar-refractivity contribution is 0.0861. The summed E-state index contributed by atoms with van der Waals surface area (Å²) < 4.78 is 14.3. The van der Waals surface area contributed by atoms with Gasteiger partial charge in [-0.15, -0.1) is 0 Å². The fourth-order valence-corrected chi connectivity index (χ4v) is 2.21. The zero-order valence-electron chi connectivity index (χ0n) is 10.0. The van der Waals surface area contributed by atoms with Crippen molar-refractivity contribution in [2.45, 2.75) is 0 Å². The average molecular weight is 254 g/mol. The molecule has 0 atom stereocenters. The van der Waals surface area contributed by atoms with Crippen molar-refractivity contribution in [2.75, 3.05) is 0 Å². The van der Waals surface area contributed by atoms with Crippen LogP contribution in [0.25, 0.3) is 16.6 Å². The molecule has 19 heavy (non-hydrogen) atoms. The van der Waals surface area contributed by atoms with Crippen LogP contribution < -0.4 is 5.54 Å². The number of para-hydroxylation sites is 2. The molecule has 0 radical (unpaired) electrons. The predicted octanol–water partition coefficient (Wildman–Crippen LogP) is 3.24. The lowest BCUT2D eigenvalue weighted by Crippen LogP contribution is -2.12. The van der Waals surface area contributed by atoms with E-state index in [1.165, 1.54) is 5.54 Å². The molecule has 1 aromatic heterocycles. The van der Waals surface area contributed by atoms with E-state index in [4.69, 9.17) is 0 Å². The van der Waals surface area contributed by atoms with E-state index in [0.717, 1.165) is 16.6 Å². The Morgan fingerprint density at radius 1 is 1.00 bits per heavy atom. The molecule has 0 spiro atoms. The molecule has 0 aliphatic carbocycles. The number of nitrogens with zero attached hydrogens (tertiary/aromatic N) is 1. The van der Waals surface area contributed by atoms with Gasteiger partial charge in [0.1, 0.15) is 0 Å². The molecule has 3 aromatic rings. The molecule has 2 aromatic carbocycles. The zero-order valence-corrected chi connectivity index (χ0v) is 10.0. The monoisotopic (exact) mass is 254 g/mol. The molecule has 4 heteroatoms. The molecule has 0 bridgehead atoms. The Morgan fingerprint density at radius 2 is 1.68 bits per heavy atom. The fourth-order valence-electron chi connectivity index (χ4n) is 2.21. The summed E-state index contributed by atoms with van der Waals surface area (Å²) in [5.74, 6) is -0.731. The van der Waals surface area contributed by atoms with Crippen molar-refractivity contribution in [2.24, 2.45) is 0 Å². The maximum atomic E-state index is 12.4. The molecule has 1 heterocycles. The van der Waals surface area contributed by atoms with Crippen molar-refractivity contribution in [1.82, 2.24) is 10.1 Å². The fraction of sp³-hybridized carbons (Fsp3) is 0. The first-order valence-electron chi connectivity index (χ1n) is 5.88. The van der Waals surface area contributed by atoms with Crippen LogP contribution in [0.3, 0.4) is 0 Å². The molecule has 1 amide bonds.